The Morgan fingerprint density at radius 2 is 1.75 bits per heavy atom. The summed E-state index contributed by atoms with van der Waals surface area (Å²) in [6, 6.07) is 17.3. The predicted molar refractivity (Wildman–Crippen MR) is 156 cm³/mol. The van der Waals surface area contributed by atoms with E-state index in [-0.39, 0.29) is 11.7 Å². The molecule has 208 valence electrons. The molecule has 7 nitrogen and oxygen atoms in total. The highest BCUT2D eigenvalue weighted by atomic mass is 16.5. The number of benzene rings is 3. The molecule has 1 aromatic heterocycles. The standard InChI is InChI=1S/C33H37N3O4/c1-19(2)13-14-40-26-12-11-24(17-27(26)39-6)32-29-30(28-22(5)15-21(4)16-25(28)37)34-35-31(29)33(38)36(32)18-23-9-7-20(3)8-10-23/h7-12,15-17,19,32,37H,13-14,18H2,1-6H3,(H,34,35). The summed E-state index contributed by atoms with van der Waals surface area (Å²) in [4.78, 5) is 15.7. The number of hydrogen-bond donors (Lipinski definition) is 2. The van der Waals surface area contributed by atoms with Crippen LogP contribution in [0.4, 0.5) is 0 Å². The minimum atomic E-state index is -0.448. The maximum absolute atomic E-state index is 13.9. The number of carbonyl (C=O) groups excluding carboxylic acids is 1. The maximum atomic E-state index is 13.9. The molecule has 1 aliphatic heterocycles. The average Bonchev–Trinajstić information content (AvgIpc) is 3.43. The number of aromatic nitrogens is 2. The molecule has 2 N–H and O–H groups in total. The molecular weight excluding hydrogens is 502 g/mol. The SMILES string of the molecule is COc1cc(C2c3c(-c4c(C)cc(C)cc4O)n[nH]c3C(=O)N2Cc2ccc(C)cc2)ccc1OCCC(C)C. The molecule has 0 saturated heterocycles. The Morgan fingerprint density at radius 3 is 2.42 bits per heavy atom. The van der Waals surface area contributed by atoms with Gasteiger partial charge in [-0.2, -0.15) is 5.10 Å². The van der Waals surface area contributed by atoms with Crippen LogP contribution >= 0.6 is 0 Å². The summed E-state index contributed by atoms with van der Waals surface area (Å²) in [6.45, 7) is 11.3. The Balaban J connectivity index is 1.62. The lowest BCUT2D eigenvalue weighted by Gasteiger charge is -2.27. The fraction of sp³-hybridized carbons (Fsp3) is 0.333. The van der Waals surface area contributed by atoms with Gasteiger partial charge in [0.15, 0.2) is 11.5 Å². The molecule has 5 rings (SSSR count). The lowest BCUT2D eigenvalue weighted by molar-refractivity contribution is 0.0730. The van der Waals surface area contributed by atoms with Crippen LogP contribution in [0.15, 0.2) is 54.6 Å². The van der Waals surface area contributed by atoms with Crippen LogP contribution < -0.4 is 9.47 Å². The summed E-state index contributed by atoms with van der Waals surface area (Å²) in [5, 5.41) is 18.5. The lowest BCUT2D eigenvalue weighted by Crippen LogP contribution is -2.29. The first-order valence-corrected chi connectivity index (χ1v) is 13.7. The molecule has 3 aromatic carbocycles. The van der Waals surface area contributed by atoms with Gasteiger partial charge in [-0.1, -0.05) is 55.8 Å². The van der Waals surface area contributed by atoms with Gasteiger partial charge in [-0.3, -0.25) is 9.89 Å². The number of H-pyrrole nitrogens is 1. The van der Waals surface area contributed by atoms with Crippen molar-refractivity contribution in [3.8, 4) is 28.5 Å². The molecule has 40 heavy (non-hydrogen) atoms. The number of rotatable bonds is 9. The second-order valence-electron chi connectivity index (χ2n) is 11.1. The number of nitrogens with one attached hydrogen (secondary N) is 1. The van der Waals surface area contributed by atoms with Crippen molar-refractivity contribution in [3.63, 3.8) is 0 Å². The third-order valence-electron chi connectivity index (χ3n) is 7.49. The Bertz CT molecular complexity index is 1520. The zero-order valence-corrected chi connectivity index (χ0v) is 24.0. The van der Waals surface area contributed by atoms with Crippen LogP contribution in [0.25, 0.3) is 11.3 Å². The van der Waals surface area contributed by atoms with Crippen molar-refractivity contribution in [3.05, 3.63) is 93.7 Å². The van der Waals surface area contributed by atoms with Crippen LogP contribution in [0.5, 0.6) is 17.2 Å². The van der Waals surface area contributed by atoms with Crippen LogP contribution in [-0.2, 0) is 6.54 Å². The molecule has 0 aliphatic carbocycles. The van der Waals surface area contributed by atoms with E-state index in [0.717, 1.165) is 39.8 Å². The highest BCUT2D eigenvalue weighted by molar-refractivity contribution is 6.00. The molecular formula is C33H37N3O4. The maximum Gasteiger partial charge on any atom is 0.273 e. The molecule has 0 radical (unpaired) electrons. The second-order valence-corrected chi connectivity index (χ2v) is 11.1. The van der Waals surface area contributed by atoms with Crippen molar-refractivity contribution in [2.75, 3.05) is 13.7 Å². The van der Waals surface area contributed by atoms with E-state index in [4.69, 9.17) is 9.47 Å². The number of aromatic amines is 1. The van der Waals surface area contributed by atoms with Crippen LogP contribution in [0.1, 0.15) is 70.2 Å². The number of hydrogen-bond acceptors (Lipinski definition) is 5. The van der Waals surface area contributed by atoms with Gasteiger partial charge in [0.05, 0.1) is 19.8 Å². The van der Waals surface area contributed by atoms with Gasteiger partial charge >= 0.3 is 0 Å². The molecule has 2 heterocycles. The number of nitrogens with zero attached hydrogens (tertiary/aromatic N) is 2. The van der Waals surface area contributed by atoms with Crippen molar-refractivity contribution in [1.82, 2.24) is 15.1 Å². The molecule has 1 amide bonds. The van der Waals surface area contributed by atoms with E-state index in [2.05, 4.69) is 36.2 Å². The summed E-state index contributed by atoms with van der Waals surface area (Å²) in [7, 11) is 1.63. The molecule has 0 spiro atoms. The third-order valence-corrected chi connectivity index (χ3v) is 7.49. The van der Waals surface area contributed by atoms with Gasteiger partial charge in [0, 0.05) is 17.7 Å². The number of fused-ring (bicyclic) bond motifs is 1. The monoisotopic (exact) mass is 539 g/mol. The zero-order valence-electron chi connectivity index (χ0n) is 24.0. The summed E-state index contributed by atoms with van der Waals surface area (Å²) in [5.74, 6) is 1.81. The number of phenolic OH excluding ortho intramolecular Hbond substituents is 1. The van der Waals surface area contributed by atoms with Crippen molar-refractivity contribution in [2.24, 2.45) is 5.92 Å². The number of aryl methyl sites for hydroxylation is 3. The number of methoxy groups -OCH3 is 1. The second kappa shape index (κ2) is 11.1. The van der Waals surface area contributed by atoms with E-state index in [0.29, 0.717) is 47.5 Å². The molecule has 0 fully saturated rings. The largest absolute Gasteiger partial charge is 0.507 e. The summed E-state index contributed by atoms with van der Waals surface area (Å²) >= 11 is 0. The Morgan fingerprint density at radius 1 is 1.00 bits per heavy atom. The van der Waals surface area contributed by atoms with Crippen LogP contribution in [0, 0.1) is 26.7 Å². The van der Waals surface area contributed by atoms with Crippen LogP contribution in [0.3, 0.4) is 0 Å². The van der Waals surface area contributed by atoms with E-state index < -0.39 is 6.04 Å². The minimum Gasteiger partial charge on any atom is -0.507 e. The Labute approximate surface area is 235 Å². The van der Waals surface area contributed by atoms with Crippen molar-refractivity contribution < 1.29 is 19.4 Å². The quantitative estimate of drug-likeness (QED) is 0.242. The van der Waals surface area contributed by atoms with Gasteiger partial charge in [0.25, 0.3) is 5.91 Å². The Hall–Kier alpha value is -4.26. The van der Waals surface area contributed by atoms with Crippen LogP contribution in [-0.4, -0.2) is 39.8 Å². The van der Waals surface area contributed by atoms with Gasteiger partial charge in [-0.25, -0.2) is 0 Å². The van der Waals surface area contributed by atoms with E-state index in [9.17, 15) is 9.90 Å². The molecule has 0 saturated carbocycles. The first kappa shape index (κ1) is 27.3. The molecule has 7 heteroatoms. The highest BCUT2D eigenvalue weighted by Crippen LogP contribution is 2.47. The van der Waals surface area contributed by atoms with Crippen molar-refractivity contribution in [1.29, 1.82) is 0 Å². The molecule has 1 aliphatic rings. The fourth-order valence-electron chi connectivity index (χ4n) is 5.42. The normalized spacial score (nSPS) is 14.6. The molecule has 4 aromatic rings. The summed E-state index contributed by atoms with van der Waals surface area (Å²) < 4.78 is 11.8. The van der Waals surface area contributed by atoms with Gasteiger partial charge in [-0.15, -0.1) is 0 Å². The molecule has 0 bridgehead atoms. The smallest absolute Gasteiger partial charge is 0.273 e. The molecule has 1 atom stereocenters. The summed E-state index contributed by atoms with van der Waals surface area (Å²) in [5.41, 5.74) is 7.28. The number of amides is 1. The van der Waals surface area contributed by atoms with Gasteiger partial charge in [0.1, 0.15) is 17.1 Å². The third kappa shape index (κ3) is 5.16. The predicted octanol–water partition coefficient (Wildman–Crippen LogP) is 6.89. The van der Waals surface area contributed by atoms with E-state index in [1.165, 1.54) is 0 Å². The summed E-state index contributed by atoms with van der Waals surface area (Å²) in [6.07, 6.45) is 0.938. The minimum absolute atomic E-state index is 0.139. The number of aromatic hydroxyl groups is 1. The van der Waals surface area contributed by atoms with E-state index in [1.807, 2.05) is 62.1 Å². The van der Waals surface area contributed by atoms with E-state index in [1.54, 1.807) is 13.2 Å². The van der Waals surface area contributed by atoms with Gasteiger partial charge in [-0.05, 0) is 73.6 Å². The molecule has 1 unspecified atom stereocenters. The van der Waals surface area contributed by atoms with Crippen molar-refractivity contribution >= 4 is 5.91 Å². The topological polar surface area (TPSA) is 87.7 Å². The fourth-order valence-corrected chi connectivity index (χ4v) is 5.42. The van der Waals surface area contributed by atoms with Gasteiger partial charge < -0.3 is 19.5 Å². The number of phenols is 1. The first-order chi connectivity index (χ1) is 19.2. The zero-order chi connectivity index (χ0) is 28.6. The average molecular weight is 540 g/mol. The highest BCUT2D eigenvalue weighted by Gasteiger charge is 2.43. The van der Waals surface area contributed by atoms with Crippen molar-refractivity contribution in [2.45, 2.75) is 53.6 Å². The Kier molecular flexibility index (Phi) is 7.57. The lowest BCUT2D eigenvalue weighted by atomic mass is 9.92. The first-order valence-electron chi connectivity index (χ1n) is 13.7. The van der Waals surface area contributed by atoms with E-state index >= 15 is 0 Å². The van der Waals surface area contributed by atoms with Crippen LogP contribution in [0.2, 0.25) is 0 Å². The van der Waals surface area contributed by atoms with Gasteiger partial charge in [0.2, 0.25) is 0 Å². The number of ether oxygens (including phenoxy) is 2. The number of carbonyl (C=O) groups is 1.